The summed E-state index contributed by atoms with van der Waals surface area (Å²) < 4.78 is 0. The molecule has 0 aliphatic heterocycles. The summed E-state index contributed by atoms with van der Waals surface area (Å²) in [5, 5.41) is 2.89. The lowest BCUT2D eigenvalue weighted by atomic mass is 10.5. The zero-order valence-corrected chi connectivity index (χ0v) is 5.70. The number of hydrogen-bond acceptors (Lipinski definition) is 4. The first kappa shape index (κ1) is 6.67. The molecule has 1 aromatic heterocycles. The fourth-order valence-electron chi connectivity index (χ4n) is 0.626. The van der Waals surface area contributed by atoms with Crippen molar-refractivity contribution in [2.45, 2.75) is 0 Å². The molecule has 0 amide bonds. The summed E-state index contributed by atoms with van der Waals surface area (Å²) in [5.74, 6) is 0.581. The maximum atomic E-state index is 3.87. The van der Waals surface area contributed by atoms with E-state index in [2.05, 4.69) is 27.0 Å². The number of rotatable bonds is 2. The molecule has 1 rings (SSSR count). The van der Waals surface area contributed by atoms with Crippen LogP contribution in [0.15, 0.2) is 17.5 Å². The summed E-state index contributed by atoms with van der Waals surface area (Å²) in [4.78, 5) is 11.3. The van der Waals surface area contributed by atoms with Gasteiger partial charge in [-0.2, -0.15) is 0 Å². The van der Waals surface area contributed by atoms with E-state index in [1.165, 1.54) is 6.33 Å². The van der Waals surface area contributed by atoms with Crippen LogP contribution < -0.4 is 5.32 Å². The molecule has 4 heteroatoms. The maximum Gasteiger partial charge on any atom is 0.178 e. The van der Waals surface area contributed by atoms with Gasteiger partial charge in [0.25, 0.3) is 0 Å². The summed E-state index contributed by atoms with van der Waals surface area (Å²) in [6, 6.07) is 0. The minimum atomic E-state index is 0.581. The van der Waals surface area contributed by atoms with E-state index < -0.39 is 0 Å². The Hall–Kier alpha value is -1.45. The summed E-state index contributed by atoms with van der Waals surface area (Å²) in [6.07, 6.45) is 3.09. The summed E-state index contributed by atoms with van der Waals surface area (Å²) in [5.41, 5.74) is 0.789. The first-order chi connectivity index (χ1) is 4.88. The Kier molecular flexibility index (Phi) is 1.94. The minimum absolute atomic E-state index is 0.581. The first-order valence-corrected chi connectivity index (χ1v) is 2.83. The molecule has 0 aliphatic rings. The second-order valence-electron chi connectivity index (χ2n) is 1.67. The van der Waals surface area contributed by atoms with Gasteiger partial charge in [0.2, 0.25) is 0 Å². The third kappa shape index (κ3) is 1.10. The van der Waals surface area contributed by atoms with Gasteiger partial charge in [-0.25, -0.2) is 15.0 Å². The van der Waals surface area contributed by atoms with E-state index in [0.29, 0.717) is 5.82 Å². The zero-order valence-electron chi connectivity index (χ0n) is 5.70. The molecular formula is C6H8N4. The highest BCUT2D eigenvalue weighted by molar-refractivity contribution is 5.61. The average Bonchev–Trinajstić information content (AvgIpc) is 2.04. The molecule has 0 radical (unpaired) electrons. The quantitative estimate of drug-likeness (QED) is 0.613. The van der Waals surface area contributed by atoms with Crippen LogP contribution in [0, 0.1) is 0 Å². The molecule has 0 spiro atoms. The third-order valence-electron chi connectivity index (χ3n) is 1.11. The Labute approximate surface area is 59.0 Å². The number of aromatic nitrogens is 2. The lowest BCUT2D eigenvalue weighted by molar-refractivity contribution is 1.15. The second-order valence-corrected chi connectivity index (χ2v) is 1.67. The van der Waals surface area contributed by atoms with Crippen molar-refractivity contribution in [1.29, 1.82) is 0 Å². The Morgan fingerprint density at radius 1 is 1.70 bits per heavy atom. The number of hydrogen-bond donors (Lipinski definition) is 1. The molecule has 52 valence electrons. The lowest BCUT2D eigenvalue weighted by Crippen LogP contribution is -1.90. The molecule has 0 unspecified atom stereocenters. The highest BCUT2D eigenvalue weighted by Gasteiger charge is 1.95. The van der Waals surface area contributed by atoms with Crippen LogP contribution in [0.4, 0.5) is 11.5 Å². The fraction of sp³-hybridized carbons (Fsp3) is 0.167. The zero-order chi connectivity index (χ0) is 7.40. The van der Waals surface area contributed by atoms with E-state index in [1.807, 2.05) is 0 Å². The standard InChI is InChI=1S/C6H8N4/c1-7-5-3-9-4-10-6(5)8-2/h3-4,7H,2H2,1H3. The fourth-order valence-corrected chi connectivity index (χ4v) is 0.626. The monoisotopic (exact) mass is 136 g/mol. The second kappa shape index (κ2) is 2.91. The topological polar surface area (TPSA) is 50.2 Å². The van der Waals surface area contributed by atoms with Gasteiger partial charge in [0.1, 0.15) is 6.33 Å². The van der Waals surface area contributed by atoms with Gasteiger partial charge in [-0.05, 0) is 6.72 Å². The van der Waals surface area contributed by atoms with E-state index in [0.717, 1.165) is 5.69 Å². The largest absolute Gasteiger partial charge is 0.384 e. The molecule has 1 heterocycles. The molecule has 4 nitrogen and oxygen atoms in total. The molecular weight excluding hydrogens is 128 g/mol. The predicted octanol–water partition coefficient (Wildman–Crippen LogP) is 0.850. The van der Waals surface area contributed by atoms with Crippen LogP contribution >= 0.6 is 0 Å². The van der Waals surface area contributed by atoms with Crippen molar-refractivity contribution in [2.75, 3.05) is 12.4 Å². The highest BCUT2D eigenvalue weighted by atomic mass is 15.0. The van der Waals surface area contributed by atoms with Crippen LogP contribution in [-0.2, 0) is 0 Å². The van der Waals surface area contributed by atoms with Gasteiger partial charge in [0, 0.05) is 7.05 Å². The van der Waals surface area contributed by atoms with E-state index in [-0.39, 0.29) is 0 Å². The van der Waals surface area contributed by atoms with Crippen LogP contribution in [-0.4, -0.2) is 23.7 Å². The van der Waals surface area contributed by atoms with Crippen LogP contribution in [0.25, 0.3) is 0 Å². The van der Waals surface area contributed by atoms with Crippen LogP contribution in [0.3, 0.4) is 0 Å². The van der Waals surface area contributed by atoms with Crippen LogP contribution in [0.5, 0.6) is 0 Å². The van der Waals surface area contributed by atoms with Crippen molar-refractivity contribution >= 4 is 18.2 Å². The van der Waals surface area contributed by atoms with Gasteiger partial charge in [0.15, 0.2) is 5.82 Å². The third-order valence-corrected chi connectivity index (χ3v) is 1.11. The van der Waals surface area contributed by atoms with E-state index in [1.54, 1.807) is 13.2 Å². The predicted molar refractivity (Wildman–Crippen MR) is 40.8 cm³/mol. The summed E-state index contributed by atoms with van der Waals surface area (Å²) >= 11 is 0. The number of aliphatic imine (C=N–C) groups is 1. The number of nitrogens with one attached hydrogen (secondary N) is 1. The molecule has 0 bridgehead atoms. The Bertz CT molecular complexity index is 233. The summed E-state index contributed by atoms with van der Waals surface area (Å²) in [6.45, 7) is 3.36. The van der Waals surface area contributed by atoms with Crippen molar-refractivity contribution in [3.63, 3.8) is 0 Å². The molecule has 0 atom stereocenters. The SMILES string of the molecule is C=Nc1ncncc1NC. The normalized spacial score (nSPS) is 8.90. The van der Waals surface area contributed by atoms with E-state index >= 15 is 0 Å². The average molecular weight is 136 g/mol. The molecule has 0 aliphatic carbocycles. The van der Waals surface area contributed by atoms with Crippen molar-refractivity contribution in [3.8, 4) is 0 Å². The van der Waals surface area contributed by atoms with Gasteiger partial charge >= 0.3 is 0 Å². The Morgan fingerprint density at radius 2 is 2.50 bits per heavy atom. The van der Waals surface area contributed by atoms with E-state index in [9.17, 15) is 0 Å². The van der Waals surface area contributed by atoms with Gasteiger partial charge < -0.3 is 5.32 Å². The van der Waals surface area contributed by atoms with Gasteiger partial charge in [-0.15, -0.1) is 0 Å². The summed E-state index contributed by atoms with van der Waals surface area (Å²) in [7, 11) is 1.79. The molecule has 1 aromatic rings. The lowest BCUT2D eigenvalue weighted by Gasteiger charge is -1.99. The first-order valence-electron chi connectivity index (χ1n) is 2.83. The maximum absolute atomic E-state index is 3.87. The smallest absolute Gasteiger partial charge is 0.178 e. The highest BCUT2D eigenvalue weighted by Crippen LogP contribution is 2.17. The van der Waals surface area contributed by atoms with Gasteiger partial charge in [-0.3, -0.25) is 0 Å². The van der Waals surface area contributed by atoms with Gasteiger partial charge in [-0.1, -0.05) is 0 Å². The Balaban J connectivity index is 3.08. The molecule has 10 heavy (non-hydrogen) atoms. The Morgan fingerprint density at radius 3 is 3.00 bits per heavy atom. The van der Waals surface area contributed by atoms with Crippen molar-refractivity contribution in [2.24, 2.45) is 4.99 Å². The van der Waals surface area contributed by atoms with Crippen LogP contribution in [0.1, 0.15) is 0 Å². The van der Waals surface area contributed by atoms with Crippen LogP contribution in [0.2, 0.25) is 0 Å². The molecule has 1 N–H and O–H groups in total. The van der Waals surface area contributed by atoms with Crippen molar-refractivity contribution in [1.82, 2.24) is 9.97 Å². The van der Waals surface area contributed by atoms with Crippen molar-refractivity contribution < 1.29 is 0 Å². The van der Waals surface area contributed by atoms with E-state index in [4.69, 9.17) is 0 Å². The number of nitrogens with zero attached hydrogens (tertiary/aromatic N) is 3. The van der Waals surface area contributed by atoms with Gasteiger partial charge in [0.05, 0.1) is 11.9 Å². The molecule has 0 aromatic carbocycles. The van der Waals surface area contributed by atoms with Crippen molar-refractivity contribution in [3.05, 3.63) is 12.5 Å². The molecule has 0 saturated heterocycles. The minimum Gasteiger partial charge on any atom is -0.384 e. The number of anilines is 1. The molecule has 0 fully saturated rings. The molecule has 0 saturated carbocycles.